The van der Waals surface area contributed by atoms with Crippen molar-refractivity contribution in [2.45, 2.75) is 39.3 Å². The first-order valence-corrected chi connectivity index (χ1v) is 5.16. The van der Waals surface area contributed by atoms with Crippen LogP contribution < -0.4 is 0 Å². The van der Waals surface area contributed by atoms with Crippen molar-refractivity contribution in [3.63, 3.8) is 0 Å². The average molecular weight is 195 g/mol. The Morgan fingerprint density at radius 2 is 2.29 bits per heavy atom. The third-order valence-electron chi connectivity index (χ3n) is 2.95. The van der Waals surface area contributed by atoms with Crippen molar-refractivity contribution in [2.75, 3.05) is 7.05 Å². The number of hydrogen-bond acceptors (Lipinski definition) is 4. The zero-order valence-corrected chi connectivity index (χ0v) is 9.03. The highest BCUT2D eigenvalue weighted by Crippen LogP contribution is 2.34. The molecule has 1 heterocycles. The van der Waals surface area contributed by atoms with Crippen LogP contribution >= 0.6 is 0 Å². The van der Waals surface area contributed by atoms with Crippen LogP contribution in [0.4, 0.5) is 0 Å². The Balaban J connectivity index is 1.89. The minimum absolute atomic E-state index is 0.627. The van der Waals surface area contributed by atoms with Crippen LogP contribution in [0.25, 0.3) is 0 Å². The third-order valence-corrected chi connectivity index (χ3v) is 2.95. The van der Waals surface area contributed by atoms with Crippen molar-refractivity contribution in [3.05, 3.63) is 11.7 Å². The van der Waals surface area contributed by atoms with E-state index in [9.17, 15) is 0 Å². The van der Waals surface area contributed by atoms with Crippen LogP contribution in [0.5, 0.6) is 0 Å². The molecule has 1 atom stereocenters. The molecular formula is C10H17N3O. The summed E-state index contributed by atoms with van der Waals surface area (Å²) in [7, 11) is 2.11. The Kier molecular flexibility index (Phi) is 2.54. The molecule has 1 saturated carbocycles. The third kappa shape index (κ3) is 2.12. The fourth-order valence-electron chi connectivity index (χ4n) is 1.70. The van der Waals surface area contributed by atoms with Gasteiger partial charge < -0.3 is 4.52 Å². The first-order chi connectivity index (χ1) is 6.66. The van der Waals surface area contributed by atoms with Crippen molar-refractivity contribution >= 4 is 0 Å². The summed E-state index contributed by atoms with van der Waals surface area (Å²) in [5.74, 6) is 2.31. The van der Waals surface area contributed by atoms with E-state index in [1.807, 2.05) is 6.92 Å². The summed E-state index contributed by atoms with van der Waals surface area (Å²) in [5.41, 5.74) is 0. The predicted molar refractivity (Wildman–Crippen MR) is 52.7 cm³/mol. The van der Waals surface area contributed by atoms with Gasteiger partial charge in [0, 0.05) is 6.04 Å². The number of nitrogens with zero attached hydrogens (tertiary/aromatic N) is 3. The minimum Gasteiger partial charge on any atom is -0.338 e. The fraction of sp³-hybridized carbons (Fsp3) is 0.800. The van der Waals surface area contributed by atoms with E-state index in [-0.39, 0.29) is 0 Å². The highest BCUT2D eigenvalue weighted by molar-refractivity contribution is 4.87. The summed E-state index contributed by atoms with van der Waals surface area (Å²) in [6, 6.07) is 0.627. The Labute approximate surface area is 84.3 Å². The van der Waals surface area contributed by atoms with Crippen molar-refractivity contribution in [2.24, 2.45) is 5.92 Å². The second kappa shape index (κ2) is 3.69. The zero-order valence-electron chi connectivity index (χ0n) is 9.03. The molecule has 0 aromatic carbocycles. The lowest BCUT2D eigenvalue weighted by Crippen LogP contribution is -2.30. The SMILES string of the molecule is Cc1noc(CN(C)C(C)C2CC2)n1. The van der Waals surface area contributed by atoms with E-state index in [1.54, 1.807) is 0 Å². The summed E-state index contributed by atoms with van der Waals surface area (Å²) in [5, 5.41) is 3.78. The van der Waals surface area contributed by atoms with Gasteiger partial charge in [-0.1, -0.05) is 5.16 Å². The van der Waals surface area contributed by atoms with Crippen molar-refractivity contribution in [1.82, 2.24) is 15.0 Å². The monoisotopic (exact) mass is 195 g/mol. The second-order valence-electron chi connectivity index (χ2n) is 4.23. The van der Waals surface area contributed by atoms with Gasteiger partial charge in [-0.3, -0.25) is 4.90 Å². The molecule has 14 heavy (non-hydrogen) atoms. The maximum Gasteiger partial charge on any atom is 0.240 e. The van der Waals surface area contributed by atoms with E-state index in [0.29, 0.717) is 11.9 Å². The number of aryl methyl sites for hydroxylation is 1. The van der Waals surface area contributed by atoms with Crippen LogP contribution in [0.1, 0.15) is 31.5 Å². The quantitative estimate of drug-likeness (QED) is 0.732. The molecular weight excluding hydrogens is 178 g/mol. The highest BCUT2D eigenvalue weighted by atomic mass is 16.5. The normalized spacial score (nSPS) is 18.9. The molecule has 0 bridgehead atoms. The summed E-state index contributed by atoms with van der Waals surface area (Å²) in [4.78, 5) is 6.48. The average Bonchev–Trinajstić information content (AvgIpc) is 2.91. The lowest BCUT2D eigenvalue weighted by molar-refractivity contribution is 0.197. The van der Waals surface area contributed by atoms with Crippen LogP contribution in [-0.4, -0.2) is 28.1 Å². The molecule has 1 aliphatic rings. The van der Waals surface area contributed by atoms with Crippen LogP contribution in [0.15, 0.2) is 4.52 Å². The maximum absolute atomic E-state index is 5.08. The van der Waals surface area contributed by atoms with Crippen LogP contribution in [0.2, 0.25) is 0 Å². The molecule has 0 saturated heterocycles. The predicted octanol–water partition coefficient (Wildman–Crippen LogP) is 1.61. The molecule has 4 heteroatoms. The van der Waals surface area contributed by atoms with Gasteiger partial charge in [-0.2, -0.15) is 4.98 Å². The van der Waals surface area contributed by atoms with Gasteiger partial charge in [0.2, 0.25) is 5.89 Å². The fourth-order valence-corrected chi connectivity index (χ4v) is 1.70. The van der Waals surface area contributed by atoms with Gasteiger partial charge in [-0.05, 0) is 39.7 Å². The highest BCUT2D eigenvalue weighted by Gasteiger charge is 2.30. The zero-order chi connectivity index (χ0) is 10.1. The summed E-state index contributed by atoms with van der Waals surface area (Å²) in [6.07, 6.45) is 2.74. The molecule has 1 aromatic heterocycles. The molecule has 0 radical (unpaired) electrons. The van der Waals surface area contributed by atoms with Gasteiger partial charge in [0.25, 0.3) is 0 Å². The summed E-state index contributed by atoms with van der Waals surface area (Å²) < 4.78 is 5.08. The smallest absolute Gasteiger partial charge is 0.240 e. The Morgan fingerprint density at radius 3 is 2.79 bits per heavy atom. The topological polar surface area (TPSA) is 42.2 Å². The van der Waals surface area contributed by atoms with E-state index in [0.717, 1.165) is 18.4 Å². The molecule has 0 amide bonds. The number of rotatable bonds is 4. The van der Waals surface area contributed by atoms with Gasteiger partial charge >= 0.3 is 0 Å². The Morgan fingerprint density at radius 1 is 1.57 bits per heavy atom. The molecule has 1 fully saturated rings. The Bertz CT molecular complexity index is 306. The molecule has 1 aromatic rings. The molecule has 4 nitrogen and oxygen atoms in total. The molecule has 78 valence electrons. The van der Waals surface area contributed by atoms with E-state index in [2.05, 4.69) is 29.0 Å². The van der Waals surface area contributed by atoms with Gasteiger partial charge in [-0.25, -0.2) is 0 Å². The second-order valence-corrected chi connectivity index (χ2v) is 4.23. The van der Waals surface area contributed by atoms with Gasteiger partial charge in [0.15, 0.2) is 5.82 Å². The lowest BCUT2D eigenvalue weighted by atomic mass is 10.2. The van der Waals surface area contributed by atoms with E-state index in [4.69, 9.17) is 4.52 Å². The first kappa shape index (κ1) is 9.65. The van der Waals surface area contributed by atoms with E-state index in [1.165, 1.54) is 12.8 Å². The van der Waals surface area contributed by atoms with Crippen LogP contribution in [-0.2, 0) is 6.54 Å². The lowest BCUT2D eigenvalue weighted by Gasteiger charge is -2.22. The first-order valence-electron chi connectivity index (χ1n) is 5.16. The minimum atomic E-state index is 0.627. The molecule has 0 aliphatic heterocycles. The number of aromatic nitrogens is 2. The van der Waals surface area contributed by atoms with Crippen molar-refractivity contribution in [1.29, 1.82) is 0 Å². The molecule has 1 unspecified atom stereocenters. The number of hydrogen-bond donors (Lipinski definition) is 0. The molecule has 0 N–H and O–H groups in total. The van der Waals surface area contributed by atoms with Gasteiger partial charge in [-0.15, -0.1) is 0 Å². The standard InChI is InChI=1S/C10H17N3O/c1-7(9-4-5-9)13(3)6-10-11-8(2)12-14-10/h7,9H,4-6H2,1-3H3. The van der Waals surface area contributed by atoms with Gasteiger partial charge in [0.1, 0.15) is 0 Å². The Hall–Kier alpha value is -0.900. The van der Waals surface area contributed by atoms with Crippen LogP contribution in [0.3, 0.4) is 0 Å². The largest absolute Gasteiger partial charge is 0.338 e. The maximum atomic E-state index is 5.08. The molecule has 2 rings (SSSR count). The molecule has 0 spiro atoms. The van der Waals surface area contributed by atoms with Crippen molar-refractivity contribution < 1.29 is 4.52 Å². The van der Waals surface area contributed by atoms with E-state index >= 15 is 0 Å². The van der Waals surface area contributed by atoms with Crippen LogP contribution in [0, 0.1) is 12.8 Å². The van der Waals surface area contributed by atoms with E-state index < -0.39 is 0 Å². The van der Waals surface area contributed by atoms with Gasteiger partial charge in [0.05, 0.1) is 6.54 Å². The summed E-state index contributed by atoms with van der Waals surface area (Å²) in [6.45, 7) is 4.87. The molecule has 1 aliphatic carbocycles. The van der Waals surface area contributed by atoms with Crippen molar-refractivity contribution in [3.8, 4) is 0 Å². The summed E-state index contributed by atoms with van der Waals surface area (Å²) >= 11 is 0.